The lowest BCUT2D eigenvalue weighted by Gasteiger charge is -2.34. The molecule has 1 aliphatic carbocycles. The molecule has 0 aromatic rings. The highest BCUT2D eigenvalue weighted by Gasteiger charge is 2.26. The zero-order valence-electron chi connectivity index (χ0n) is 12.2. The number of hydrogen-bond donors (Lipinski definition) is 1. The quantitative estimate of drug-likeness (QED) is 0.689. The Labute approximate surface area is 108 Å². The number of hydrogen-bond acceptors (Lipinski definition) is 2. The van der Waals surface area contributed by atoms with Crippen molar-refractivity contribution in [1.82, 2.24) is 5.32 Å². The summed E-state index contributed by atoms with van der Waals surface area (Å²) in [6.45, 7) is 8.78. The van der Waals surface area contributed by atoms with E-state index < -0.39 is 0 Å². The van der Waals surface area contributed by atoms with E-state index in [4.69, 9.17) is 4.74 Å². The molecule has 102 valence electrons. The molecule has 0 radical (unpaired) electrons. The molecule has 3 unspecified atom stereocenters. The monoisotopic (exact) mass is 241 g/mol. The molecule has 1 N–H and O–H groups in total. The van der Waals surface area contributed by atoms with Crippen LogP contribution in [0.2, 0.25) is 0 Å². The Morgan fingerprint density at radius 3 is 2.65 bits per heavy atom. The van der Waals surface area contributed by atoms with Crippen LogP contribution in [0.3, 0.4) is 0 Å². The zero-order chi connectivity index (χ0) is 12.7. The van der Waals surface area contributed by atoms with Crippen LogP contribution in [0.4, 0.5) is 0 Å². The van der Waals surface area contributed by atoms with Crippen molar-refractivity contribution in [2.24, 2.45) is 17.8 Å². The summed E-state index contributed by atoms with van der Waals surface area (Å²) >= 11 is 0. The smallest absolute Gasteiger partial charge is 0.0469 e. The molecular formula is C15H31NO. The predicted molar refractivity (Wildman–Crippen MR) is 74.2 cm³/mol. The van der Waals surface area contributed by atoms with Gasteiger partial charge in [0, 0.05) is 19.3 Å². The lowest BCUT2D eigenvalue weighted by atomic mass is 9.77. The predicted octanol–water partition coefficient (Wildman–Crippen LogP) is 3.46. The molecule has 1 rings (SSSR count). The Kier molecular flexibility index (Phi) is 7.14. The third-order valence-electron chi connectivity index (χ3n) is 4.09. The van der Waals surface area contributed by atoms with Crippen molar-refractivity contribution in [3.63, 3.8) is 0 Å². The van der Waals surface area contributed by atoms with Crippen LogP contribution in [0.5, 0.6) is 0 Å². The Morgan fingerprint density at radius 2 is 2.00 bits per heavy atom. The minimum Gasteiger partial charge on any atom is -0.381 e. The molecule has 17 heavy (non-hydrogen) atoms. The zero-order valence-corrected chi connectivity index (χ0v) is 12.2. The highest BCUT2D eigenvalue weighted by molar-refractivity contribution is 4.82. The van der Waals surface area contributed by atoms with Gasteiger partial charge < -0.3 is 10.1 Å². The highest BCUT2D eigenvalue weighted by Crippen LogP contribution is 2.31. The van der Waals surface area contributed by atoms with Crippen LogP contribution < -0.4 is 5.32 Å². The Balaban J connectivity index is 2.14. The van der Waals surface area contributed by atoms with Crippen LogP contribution in [-0.4, -0.2) is 26.3 Å². The first kappa shape index (κ1) is 15.0. The van der Waals surface area contributed by atoms with Gasteiger partial charge in [-0.2, -0.15) is 0 Å². The second kappa shape index (κ2) is 8.10. The molecule has 0 aromatic heterocycles. The third kappa shape index (κ3) is 5.87. The van der Waals surface area contributed by atoms with E-state index in [2.05, 4.69) is 33.1 Å². The van der Waals surface area contributed by atoms with E-state index >= 15 is 0 Å². The van der Waals surface area contributed by atoms with Crippen molar-refractivity contribution >= 4 is 0 Å². The van der Waals surface area contributed by atoms with Gasteiger partial charge in [-0.15, -0.1) is 0 Å². The molecule has 0 aromatic carbocycles. The summed E-state index contributed by atoms with van der Waals surface area (Å²) in [4.78, 5) is 0. The van der Waals surface area contributed by atoms with Gasteiger partial charge in [0.1, 0.15) is 0 Å². The first-order valence-corrected chi connectivity index (χ1v) is 7.38. The van der Waals surface area contributed by atoms with Crippen molar-refractivity contribution in [3.05, 3.63) is 0 Å². The summed E-state index contributed by atoms with van der Waals surface area (Å²) in [5.41, 5.74) is 0. The summed E-state index contributed by atoms with van der Waals surface area (Å²) in [5, 5.41) is 3.48. The maximum Gasteiger partial charge on any atom is 0.0469 e. The van der Waals surface area contributed by atoms with Gasteiger partial charge in [0.15, 0.2) is 0 Å². The summed E-state index contributed by atoms with van der Waals surface area (Å²) in [6, 6.07) is 0.722. The lowest BCUT2D eigenvalue weighted by molar-refractivity contribution is 0.0924. The molecule has 0 amide bonds. The second-order valence-corrected chi connectivity index (χ2v) is 6.16. The fraction of sp³-hybridized carbons (Fsp3) is 1.00. The number of rotatable bonds is 7. The van der Waals surface area contributed by atoms with Crippen LogP contribution >= 0.6 is 0 Å². The van der Waals surface area contributed by atoms with Gasteiger partial charge in [-0.1, -0.05) is 20.8 Å². The van der Waals surface area contributed by atoms with Gasteiger partial charge in [0.25, 0.3) is 0 Å². The van der Waals surface area contributed by atoms with Crippen molar-refractivity contribution < 1.29 is 4.74 Å². The van der Waals surface area contributed by atoms with Gasteiger partial charge in [-0.25, -0.2) is 0 Å². The first-order chi connectivity index (χ1) is 8.13. The maximum atomic E-state index is 5.75. The summed E-state index contributed by atoms with van der Waals surface area (Å²) in [6.07, 6.45) is 6.52. The molecular weight excluding hydrogens is 210 g/mol. The Morgan fingerprint density at radius 1 is 1.24 bits per heavy atom. The average molecular weight is 241 g/mol. The lowest BCUT2D eigenvalue weighted by Crippen LogP contribution is -2.38. The molecule has 1 saturated carbocycles. The van der Waals surface area contributed by atoms with E-state index in [9.17, 15) is 0 Å². The molecule has 1 fully saturated rings. The third-order valence-corrected chi connectivity index (χ3v) is 4.09. The minimum absolute atomic E-state index is 0.722. The van der Waals surface area contributed by atoms with Crippen LogP contribution in [-0.2, 0) is 4.74 Å². The van der Waals surface area contributed by atoms with Gasteiger partial charge in [0.05, 0.1) is 0 Å². The Hall–Kier alpha value is -0.0800. The molecule has 1 aliphatic rings. The summed E-state index contributed by atoms with van der Waals surface area (Å²) < 4.78 is 5.75. The van der Waals surface area contributed by atoms with E-state index in [-0.39, 0.29) is 0 Å². The van der Waals surface area contributed by atoms with Crippen LogP contribution in [0, 0.1) is 17.8 Å². The minimum atomic E-state index is 0.722. The fourth-order valence-corrected chi connectivity index (χ4v) is 2.85. The molecule has 0 saturated heterocycles. The Bertz CT molecular complexity index is 193. The van der Waals surface area contributed by atoms with Gasteiger partial charge in [0.2, 0.25) is 0 Å². The van der Waals surface area contributed by atoms with Gasteiger partial charge in [-0.05, 0) is 56.9 Å². The number of ether oxygens (including phenoxy) is 1. The largest absolute Gasteiger partial charge is 0.381 e. The molecule has 3 atom stereocenters. The maximum absolute atomic E-state index is 5.75. The van der Waals surface area contributed by atoms with E-state index in [1.165, 1.54) is 32.1 Å². The van der Waals surface area contributed by atoms with Gasteiger partial charge >= 0.3 is 0 Å². The normalized spacial score (nSPS) is 29.8. The molecule has 0 spiro atoms. The van der Waals surface area contributed by atoms with Crippen LogP contribution in [0.1, 0.15) is 52.9 Å². The standard InChI is InChI=1S/C15H31NO/c1-12(2)7-9-17-10-8-14-11-13(3)5-6-15(14)16-4/h12-16H,5-11H2,1-4H3. The van der Waals surface area contributed by atoms with Gasteiger partial charge in [-0.3, -0.25) is 0 Å². The highest BCUT2D eigenvalue weighted by atomic mass is 16.5. The van der Waals surface area contributed by atoms with E-state index in [1.807, 2.05) is 0 Å². The number of nitrogens with one attached hydrogen (secondary N) is 1. The first-order valence-electron chi connectivity index (χ1n) is 7.38. The summed E-state index contributed by atoms with van der Waals surface area (Å²) in [7, 11) is 2.10. The molecule has 2 nitrogen and oxygen atoms in total. The summed E-state index contributed by atoms with van der Waals surface area (Å²) in [5.74, 6) is 2.48. The van der Waals surface area contributed by atoms with Crippen molar-refractivity contribution in [1.29, 1.82) is 0 Å². The topological polar surface area (TPSA) is 21.3 Å². The molecule has 0 bridgehead atoms. The SMILES string of the molecule is CNC1CCC(C)CC1CCOCCC(C)C. The average Bonchev–Trinajstić information content (AvgIpc) is 2.28. The van der Waals surface area contributed by atoms with Crippen LogP contribution in [0.25, 0.3) is 0 Å². The molecule has 0 heterocycles. The van der Waals surface area contributed by atoms with Crippen molar-refractivity contribution in [2.45, 2.75) is 58.9 Å². The molecule has 0 aliphatic heterocycles. The second-order valence-electron chi connectivity index (χ2n) is 6.16. The van der Waals surface area contributed by atoms with E-state index in [0.29, 0.717) is 0 Å². The fourth-order valence-electron chi connectivity index (χ4n) is 2.85. The molecule has 2 heteroatoms. The van der Waals surface area contributed by atoms with Crippen molar-refractivity contribution in [2.75, 3.05) is 20.3 Å². The van der Waals surface area contributed by atoms with E-state index in [0.717, 1.165) is 37.0 Å². The van der Waals surface area contributed by atoms with Crippen LogP contribution in [0.15, 0.2) is 0 Å². The van der Waals surface area contributed by atoms with E-state index in [1.54, 1.807) is 0 Å². The van der Waals surface area contributed by atoms with Crippen molar-refractivity contribution in [3.8, 4) is 0 Å².